The van der Waals surface area contributed by atoms with E-state index in [0.29, 0.717) is 0 Å². The molecule has 0 bridgehead atoms. The van der Waals surface area contributed by atoms with Gasteiger partial charge in [-0.05, 0) is 0 Å². The predicted octanol–water partition coefficient (Wildman–Crippen LogP) is -9.29. The second-order valence-corrected chi connectivity index (χ2v) is 0. The molecule has 0 aromatic rings. The maximum absolute atomic E-state index is 0. The van der Waals surface area contributed by atoms with Crippen molar-refractivity contribution in [2.75, 3.05) is 0 Å². The molecule has 0 radical (unpaired) electrons. The Bertz CT molecular complexity index is 9.65. The summed E-state index contributed by atoms with van der Waals surface area (Å²) in [5.74, 6) is 0. The maximum atomic E-state index is 0. The first kappa shape index (κ1) is 367. The van der Waals surface area contributed by atoms with Crippen molar-refractivity contribution in [3.63, 3.8) is 0 Å². The van der Waals surface area contributed by atoms with Crippen molar-refractivity contribution < 1.29 is 66.2 Å². The van der Waals surface area contributed by atoms with E-state index in [0.717, 1.165) is 0 Å². The Labute approximate surface area is 66.5 Å². The molecule has 7 heteroatoms. The first-order chi connectivity index (χ1) is 0. The zero-order chi connectivity index (χ0) is 0. The van der Waals surface area contributed by atoms with Crippen molar-refractivity contribution in [2.45, 2.75) is 0 Å². The number of rotatable bonds is 0. The fourth-order valence-electron chi connectivity index (χ4n) is 0. The molecule has 0 aliphatic carbocycles. The van der Waals surface area contributed by atoms with Crippen molar-refractivity contribution in [2.24, 2.45) is 0 Å². The molecular weight excluding hydrogens is 200 g/mol. The zero-order valence-corrected chi connectivity index (χ0v) is 7.94. The van der Waals surface area contributed by atoms with Gasteiger partial charge in [-0.15, -0.1) is 0 Å². The molecule has 48 valence electrons. The minimum Gasteiger partial charge on any atom is -1.00 e. The molecular formula is H8Cl2O4Zn. The molecule has 0 unspecified atom stereocenters. The van der Waals surface area contributed by atoms with E-state index in [4.69, 9.17) is 0 Å². The molecule has 0 saturated carbocycles. The van der Waals surface area contributed by atoms with Gasteiger partial charge in [0.2, 0.25) is 0 Å². The minimum absolute atomic E-state index is 0. The van der Waals surface area contributed by atoms with Gasteiger partial charge in [0, 0.05) is 0 Å². The number of hydrogen-bond donors (Lipinski definition) is 0. The standard InChI is InChI=1S/2ClH.4H2O.Zn/h2*1H;4*1H2;/q;;;;;;+2/p-2. The quantitative estimate of drug-likeness (QED) is 0.350. The van der Waals surface area contributed by atoms with Crippen LogP contribution >= 0.6 is 0 Å². The molecule has 4 nitrogen and oxygen atoms in total. The van der Waals surface area contributed by atoms with E-state index in [9.17, 15) is 0 Å². The van der Waals surface area contributed by atoms with Crippen LogP contribution in [-0.2, 0) is 19.5 Å². The van der Waals surface area contributed by atoms with Gasteiger partial charge in [-0.3, -0.25) is 0 Å². The average molecular weight is 208 g/mol. The van der Waals surface area contributed by atoms with E-state index in [1.807, 2.05) is 0 Å². The monoisotopic (exact) mass is 206 g/mol. The third kappa shape index (κ3) is 165. The minimum atomic E-state index is 0. The summed E-state index contributed by atoms with van der Waals surface area (Å²) in [6.07, 6.45) is 0. The molecule has 7 heavy (non-hydrogen) atoms. The molecule has 0 atom stereocenters. The maximum Gasteiger partial charge on any atom is 2.00 e. The van der Waals surface area contributed by atoms with Crippen molar-refractivity contribution in [1.82, 2.24) is 0 Å². The molecule has 0 heterocycles. The van der Waals surface area contributed by atoms with Crippen molar-refractivity contribution in [3.8, 4) is 0 Å². The van der Waals surface area contributed by atoms with Crippen LogP contribution in [0.15, 0.2) is 0 Å². The fourth-order valence-corrected chi connectivity index (χ4v) is 0. The molecule has 0 spiro atoms. The summed E-state index contributed by atoms with van der Waals surface area (Å²) in [6, 6.07) is 0. The van der Waals surface area contributed by atoms with Crippen LogP contribution in [0.1, 0.15) is 0 Å². The van der Waals surface area contributed by atoms with E-state index in [2.05, 4.69) is 0 Å². The van der Waals surface area contributed by atoms with E-state index >= 15 is 0 Å². The van der Waals surface area contributed by atoms with Crippen LogP contribution in [0.4, 0.5) is 0 Å². The van der Waals surface area contributed by atoms with Gasteiger partial charge >= 0.3 is 19.5 Å². The molecule has 8 N–H and O–H groups in total. The first-order valence-electron chi connectivity index (χ1n) is 0. The van der Waals surface area contributed by atoms with Crippen LogP contribution in [0.5, 0.6) is 0 Å². The summed E-state index contributed by atoms with van der Waals surface area (Å²) in [5, 5.41) is 0. The molecule has 0 aliphatic rings. The summed E-state index contributed by atoms with van der Waals surface area (Å²) in [7, 11) is 0. The Hall–Kier alpha value is 1.04. The summed E-state index contributed by atoms with van der Waals surface area (Å²) in [4.78, 5) is 0. The Balaban J connectivity index is 0. The van der Waals surface area contributed by atoms with Gasteiger partial charge in [0.25, 0.3) is 0 Å². The van der Waals surface area contributed by atoms with Crippen LogP contribution in [-0.4, -0.2) is 21.9 Å². The van der Waals surface area contributed by atoms with Crippen molar-refractivity contribution in [3.05, 3.63) is 0 Å². The number of hydrogen-bond acceptors (Lipinski definition) is 0. The van der Waals surface area contributed by atoms with Gasteiger partial charge in [0.15, 0.2) is 0 Å². The summed E-state index contributed by atoms with van der Waals surface area (Å²) < 4.78 is 0. The van der Waals surface area contributed by atoms with Gasteiger partial charge < -0.3 is 46.7 Å². The summed E-state index contributed by atoms with van der Waals surface area (Å²) >= 11 is 0. The number of halogens is 2. The normalized spacial score (nSPS) is 0. The van der Waals surface area contributed by atoms with Gasteiger partial charge in [-0.25, -0.2) is 0 Å². The van der Waals surface area contributed by atoms with Gasteiger partial charge in [-0.1, -0.05) is 0 Å². The smallest absolute Gasteiger partial charge is 1.00 e. The molecule has 0 aromatic carbocycles. The Kier molecular flexibility index (Phi) is 12400. The van der Waals surface area contributed by atoms with E-state index in [1.165, 1.54) is 0 Å². The van der Waals surface area contributed by atoms with Crippen LogP contribution in [0.25, 0.3) is 0 Å². The van der Waals surface area contributed by atoms with E-state index in [1.54, 1.807) is 0 Å². The first-order valence-corrected chi connectivity index (χ1v) is 0. The second-order valence-electron chi connectivity index (χ2n) is 0. The van der Waals surface area contributed by atoms with Crippen molar-refractivity contribution in [1.29, 1.82) is 0 Å². The molecule has 0 saturated heterocycles. The largest absolute Gasteiger partial charge is 2.00 e. The summed E-state index contributed by atoms with van der Waals surface area (Å²) in [6.45, 7) is 0. The Morgan fingerprint density at radius 1 is 0.429 bits per heavy atom. The van der Waals surface area contributed by atoms with E-state index in [-0.39, 0.29) is 66.2 Å². The second kappa shape index (κ2) is 236. The SMILES string of the molecule is O.O.O.O.[Cl-].[Cl-].[Zn+2]. The zero-order valence-electron chi connectivity index (χ0n) is 3.46. The van der Waals surface area contributed by atoms with Gasteiger partial charge in [0.1, 0.15) is 0 Å². The molecule has 0 amide bonds. The van der Waals surface area contributed by atoms with Crippen LogP contribution < -0.4 is 24.8 Å². The third-order valence-electron chi connectivity index (χ3n) is 0. The van der Waals surface area contributed by atoms with E-state index < -0.39 is 0 Å². The van der Waals surface area contributed by atoms with Crippen molar-refractivity contribution >= 4 is 0 Å². The van der Waals surface area contributed by atoms with Crippen LogP contribution in [0, 0.1) is 0 Å². The van der Waals surface area contributed by atoms with Gasteiger partial charge in [0.05, 0.1) is 0 Å². The summed E-state index contributed by atoms with van der Waals surface area (Å²) in [5.41, 5.74) is 0. The van der Waals surface area contributed by atoms with Crippen LogP contribution in [0.2, 0.25) is 0 Å². The topological polar surface area (TPSA) is 126 Å². The predicted molar refractivity (Wildman–Crippen MR) is 14.5 cm³/mol. The Morgan fingerprint density at radius 2 is 0.429 bits per heavy atom. The molecule has 0 aromatic heterocycles. The van der Waals surface area contributed by atoms with Crippen LogP contribution in [0.3, 0.4) is 0 Å². The molecule has 0 aliphatic heterocycles. The molecule has 0 rings (SSSR count). The molecule has 0 fully saturated rings. The fraction of sp³-hybridized carbons (Fsp3) is 0. The third-order valence-corrected chi connectivity index (χ3v) is 0. The van der Waals surface area contributed by atoms with Gasteiger partial charge in [-0.2, -0.15) is 0 Å². The average Bonchev–Trinajstić information content (AvgIpc) is 0. The Morgan fingerprint density at radius 3 is 0.429 bits per heavy atom.